The molecule has 4 atom stereocenters. The van der Waals surface area contributed by atoms with E-state index in [-0.39, 0.29) is 30.2 Å². The van der Waals surface area contributed by atoms with Crippen LogP contribution >= 0.6 is 0 Å². The molecule has 0 spiro atoms. The molecule has 1 saturated heterocycles. The summed E-state index contributed by atoms with van der Waals surface area (Å²) in [7, 11) is 0. The first-order valence-corrected chi connectivity index (χ1v) is 14.6. The first-order valence-electron chi connectivity index (χ1n) is 14.6. The molecule has 43 heavy (non-hydrogen) atoms. The van der Waals surface area contributed by atoms with Crippen LogP contribution in [0.15, 0.2) is 78.9 Å². The van der Waals surface area contributed by atoms with Crippen molar-refractivity contribution in [3.05, 3.63) is 101 Å². The van der Waals surface area contributed by atoms with E-state index in [4.69, 9.17) is 0 Å². The lowest BCUT2D eigenvalue weighted by molar-refractivity contribution is -0.132. The van der Waals surface area contributed by atoms with Crippen LogP contribution in [0.3, 0.4) is 0 Å². The van der Waals surface area contributed by atoms with Crippen LogP contribution in [0.25, 0.3) is 0 Å². The number of amides is 4. The Hall–Kier alpha value is -4.58. The summed E-state index contributed by atoms with van der Waals surface area (Å²) in [5.41, 5.74) is 12.9. The standard InChI is InChI=1S/C32H35N7O4/c40-27(16-20-8-3-1-4-9-20)36-28(21-10-5-2-6-11-21)31(42)35-25-15-14-22-12-7-13-23-17-26(39(29(22)23)32(25)43)30(41)33-18-24-19-34-38-37-24/h1-13,24-26,28,34,37-38H,14-19H2,(H,33,41)(H,35,42)(H,36,40)/t24?,25-,26-,28-/m0/s1. The Balaban J connectivity index is 1.20. The number of carbonyl (C=O) groups excluding carboxylic acids is 4. The van der Waals surface area contributed by atoms with E-state index in [0.29, 0.717) is 37.9 Å². The van der Waals surface area contributed by atoms with Crippen molar-refractivity contribution < 1.29 is 19.2 Å². The summed E-state index contributed by atoms with van der Waals surface area (Å²) in [5.74, 6) is -1.36. The van der Waals surface area contributed by atoms with E-state index in [2.05, 4.69) is 32.3 Å². The van der Waals surface area contributed by atoms with Gasteiger partial charge >= 0.3 is 0 Å². The normalized spacial score (nSPS) is 21.4. The Labute approximate surface area is 249 Å². The second-order valence-corrected chi connectivity index (χ2v) is 11.1. The summed E-state index contributed by atoms with van der Waals surface area (Å²) >= 11 is 0. The largest absolute Gasteiger partial charge is 0.353 e. The molecule has 0 bridgehead atoms. The van der Waals surface area contributed by atoms with Crippen molar-refractivity contribution in [3.63, 3.8) is 0 Å². The zero-order valence-electron chi connectivity index (χ0n) is 23.6. The molecule has 11 nitrogen and oxygen atoms in total. The van der Waals surface area contributed by atoms with E-state index in [9.17, 15) is 19.2 Å². The number of nitrogens with zero attached hydrogens (tertiary/aromatic N) is 1. The van der Waals surface area contributed by atoms with Gasteiger partial charge in [0.15, 0.2) is 0 Å². The topological polar surface area (TPSA) is 144 Å². The number of hydrazine groups is 2. The molecule has 6 N–H and O–H groups in total. The van der Waals surface area contributed by atoms with Crippen molar-refractivity contribution in [2.45, 2.75) is 49.9 Å². The minimum absolute atomic E-state index is 0.0159. The molecular formula is C32H35N7O4. The van der Waals surface area contributed by atoms with Crippen LogP contribution < -0.4 is 37.2 Å². The zero-order chi connectivity index (χ0) is 29.8. The molecule has 3 aliphatic rings. The molecule has 3 aromatic carbocycles. The molecule has 11 heteroatoms. The molecule has 0 aliphatic carbocycles. The Morgan fingerprint density at radius 1 is 0.930 bits per heavy atom. The van der Waals surface area contributed by atoms with E-state index >= 15 is 0 Å². The number of carbonyl (C=O) groups is 4. The van der Waals surface area contributed by atoms with Crippen molar-refractivity contribution in [2.75, 3.05) is 18.0 Å². The molecule has 3 aromatic rings. The van der Waals surface area contributed by atoms with Crippen LogP contribution in [-0.2, 0) is 38.4 Å². The van der Waals surface area contributed by atoms with Gasteiger partial charge < -0.3 is 16.0 Å². The first kappa shape index (κ1) is 28.5. The van der Waals surface area contributed by atoms with Gasteiger partial charge in [-0.3, -0.25) is 24.1 Å². The van der Waals surface area contributed by atoms with Crippen LogP contribution in [0.4, 0.5) is 5.69 Å². The van der Waals surface area contributed by atoms with Crippen LogP contribution in [-0.4, -0.2) is 54.8 Å². The minimum Gasteiger partial charge on any atom is -0.353 e. The maximum atomic E-state index is 14.1. The van der Waals surface area contributed by atoms with Crippen LogP contribution in [0.1, 0.15) is 34.7 Å². The van der Waals surface area contributed by atoms with Gasteiger partial charge in [-0.2, -0.15) is 5.53 Å². The molecule has 1 fully saturated rings. The van der Waals surface area contributed by atoms with Crippen LogP contribution in [0.2, 0.25) is 0 Å². The Bertz CT molecular complexity index is 1490. The average Bonchev–Trinajstić information content (AvgIpc) is 3.67. The summed E-state index contributed by atoms with van der Waals surface area (Å²) in [4.78, 5) is 55.9. The highest BCUT2D eigenvalue weighted by molar-refractivity contribution is 6.08. The predicted molar refractivity (Wildman–Crippen MR) is 160 cm³/mol. The summed E-state index contributed by atoms with van der Waals surface area (Å²) in [5, 5.41) is 8.78. The van der Waals surface area contributed by atoms with Crippen LogP contribution in [0.5, 0.6) is 0 Å². The SMILES string of the molecule is O=C(Cc1ccccc1)N[C@H](C(=O)N[C@H]1CCc2cccc3c2N(C1=O)[C@H](C(=O)NCC1CNNN1)C3)c1ccccc1. The van der Waals surface area contributed by atoms with Crippen molar-refractivity contribution in [1.29, 1.82) is 0 Å². The highest BCUT2D eigenvalue weighted by Gasteiger charge is 2.44. The van der Waals surface area contributed by atoms with Gasteiger partial charge in [0.05, 0.1) is 18.2 Å². The number of nitrogens with one attached hydrogen (secondary N) is 6. The molecule has 4 amide bonds. The number of benzene rings is 3. The van der Waals surface area contributed by atoms with E-state index < -0.39 is 24.0 Å². The van der Waals surface area contributed by atoms with Gasteiger partial charge in [0.1, 0.15) is 18.1 Å². The maximum absolute atomic E-state index is 14.1. The van der Waals surface area contributed by atoms with Crippen molar-refractivity contribution in [3.8, 4) is 0 Å². The third-order valence-corrected chi connectivity index (χ3v) is 8.17. The van der Waals surface area contributed by atoms with Gasteiger partial charge in [-0.15, -0.1) is 0 Å². The molecule has 0 saturated carbocycles. The molecule has 0 aromatic heterocycles. The third-order valence-electron chi connectivity index (χ3n) is 8.17. The van der Waals surface area contributed by atoms with Gasteiger partial charge in [-0.25, -0.2) is 10.9 Å². The van der Waals surface area contributed by atoms with Crippen molar-refractivity contribution in [1.82, 2.24) is 32.3 Å². The van der Waals surface area contributed by atoms with E-state index in [1.807, 2.05) is 54.6 Å². The van der Waals surface area contributed by atoms with E-state index in [0.717, 1.165) is 22.4 Å². The fourth-order valence-electron chi connectivity index (χ4n) is 6.01. The Morgan fingerprint density at radius 2 is 1.67 bits per heavy atom. The number of rotatable bonds is 9. The summed E-state index contributed by atoms with van der Waals surface area (Å²) < 4.78 is 0. The third kappa shape index (κ3) is 6.29. The number of hydrogen-bond donors (Lipinski definition) is 6. The number of anilines is 1. The van der Waals surface area contributed by atoms with Gasteiger partial charge in [0.25, 0.3) is 0 Å². The summed E-state index contributed by atoms with van der Waals surface area (Å²) in [6, 6.07) is 21.6. The lowest BCUT2D eigenvalue weighted by Gasteiger charge is -2.29. The average molecular weight is 582 g/mol. The lowest BCUT2D eigenvalue weighted by atomic mass is 10.0. The Morgan fingerprint density at radius 3 is 2.42 bits per heavy atom. The molecular weight excluding hydrogens is 546 g/mol. The van der Waals surface area contributed by atoms with Gasteiger partial charge in [-0.1, -0.05) is 78.9 Å². The highest BCUT2D eigenvalue weighted by atomic mass is 16.2. The summed E-state index contributed by atoms with van der Waals surface area (Å²) in [6.07, 6.45) is 1.45. The molecule has 6 rings (SSSR count). The quantitative estimate of drug-likeness (QED) is 0.217. The molecule has 3 heterocycles. The fourth-order valence-corrected chi connectivity index (χ4v) is 6.01. The van der Waals surface area contributed by atoms with Gasteiger partial charge in [-0.05, 0) is 35.1 Å². The molecule has 222 valence electrons. The van der Waals surface area contributed by atoms with Gasteiger partial charge in [0, 0.05) is 19.5 Å². The molecule has 0 radical (unpaired) electrons. The molecule has 3 aliphatic heterocycles. The number of aryl methyl sites for hydroxylation is 1. The monoisotopic (exact) mass is 581 g/mol. The predicted octanol–water partition coefficient (Wildman–Crippen LogP) is 0.573. The van der Waals surface area contributed by atoms with Gasteiger partial charge in [0.2, 0.25) is 23.6 Å². The van der Waals surface area contributed by atoms with E-state index in [1.54, 1.807) is 29.2 Å². The van der Waals surface area contributed by atoms with Crippen molar-refractivity contribution >= 4 is 29.3 Å². The second kappa shape index (κ2) is 12.7. The van der Waals surface area contributed by atoms with Crippen LogP contribution in [0, 0.1) is 0 Å². The number of para-hydroxylation sites is 1. The first-order chi connectivity index (χ1) is 21.0. The highest BCUT2D eigenvalue weighted by Crippen LogP contribution is 2.39. The second-order valence-electron chi connectivity index (χ2n) is 11.1. The zero-order valence-corrected chi connectivity index (χ0v) is 23.6. The smallest absolute Gasteiger partial charge is 0.250 e. The molecule has 1 unspecified atom stereocenters. The maximum Gasteiger partial charge on any atom is 0.250 e. The Kier molecular flexibility index (Phi) is 8.45. The number of hydrogen-bond acceptors (Lipinski definition) is 7. The van der Waals surface area contributed by atoms with E-state index in [1.165, 1.54) is 0 Å². The fraction of sp³-hybridized carbons (Fsp3) is 0.312. The minimum atomic E-state index is -0.995. The van der Waals surface area contributed by atoms with Crippen molar-refractivity contribution in [2.24, 2.45) is 0 Å². The summed E-state index contributed by atoms with van der Waals surface area (Å²) in [6.45, 7) is 1.04. The lowest BCUT2D eigenvalue weighted by Crippen LogP contribution is -2.56.